The molecule has 2 aromatic rings. The van der Waals surface area contributed by atoms with Gasteiger partial charge in [-0.25, -0.2) is 5.01 Å². The summed E-state index contributed by atoms with van der Waals surface area (Å²) in [5.41, 5.74) is 6.32. The number of nitrogens with zero attached hydrogens (tertiary/aromatic N) is 1. The molecular formula is C19H18N2O3. The van der Waals surface area contributed by atoms with E-state index in [4.69, 9.17) is 4.74 Å². The van der Waals surface area contributed by atoms with Crippen molar-refractivity contribution in [1.82, 2.24) is 5.43 Å². The zero-order valence-corrected chi connectivity index (χ0v) is 13.8. The van der Waals surface area contributed by atoms with Crippen molar-refractivity contribution in [2.75, 3.05) is 12.1 Å². The van der Waals surface area contributed by atoms with Crippen molar-refractivity contribution >= 4 is 23.6 Å². The second kappa shape index (κ2) is 6.20. The first-order chi connectivity index (χ1) is 11.5. The van der Waals surface area contributed by atoms with Gasteiger partial charge in [-0.2, -0.15) is 0 Å². The third-order valence-electron chi connectivity index (χ3n) is 4.07. The summed E-state index contributed by atoms with van der Waals surface area (Å²) in [5, 5.41) is 1.28. The highest BCUT2D eigenvalue weighted by molar-refractivity contribution is 6.31. The number of carbonyl (C=O) groups is 2. The summed E-state index contributed by atoms with van der Waals surface area (Å²) in [6.45, 7) is 3.97. The Bertz CT molecular complexity index is 838. The molecule has 1 aliphatic rings. The van der Waals surface area contributed by atoms with Crippen molar-refractivity contribution in [3.05, 3.63) is 64.7 Å². The lowest BCUT2D eigenvalue weighted by Gasteiger charge is -2.15. The van der Waals surface area contributed by atoms with Crippen molar-refractivity contribution in [3.8, 4) is 5.75 Å². The average Bonchev–Trinajstić information content (AvgIpc) is 2.86. The summed E-state index contributed by atoms with van der Waals surface area (Å²) < 4.78 is 5.10. The van der Waals surface area contributed by atoms with Gasteiger partial charge >= 0.3 is 0 Å². The standard InChI is InChI=1S/C19H18N2O3/c1-12-4-7-15(10-13(12)2)21-19(23)17(18(22)20-21)11-14-5-8-16(24-3)9-6-14/h4-11H,1-3H3,(H,20,22)/b17-11-. The summed E-state index contributed by atoms with van der Waals surface area (Å²) >= 11 is 0. The van der Waals surface area contributed by atoms with Gasteiger partial charge in [0.2, 0.25) is 0 Å². The Morgan fingerprint density at radius 2 is 1.71 bits per heavy atom. The van der Waals surface area contributed by atoms with E-state index in [1.54, 1.807) is 37.5 Å². The van der Waals surface area contributed by atoms with Crippen molar-refractivity contribution in [2.24, 2.45) is 0 Å². The van der Waals surface area contributed by atoms with E-state index in [-0.39, 0.29) is 11.5 Å². The van der Waals surface area contributed by atoms with Crippen LogP contribution in [0.25, 0.3) is 6.08 Å². The fraction of sp³-hybridized carbons (Fsp3) is 0.158. The molecule has 2 aromatic carbocycles. The van der Waals surface area contributed by atoms with E-state index in [2.05, 4.69) is 5.43 Å². The molecule has 0 bridgehead atoms. The smallest absolute Gasteiger partial charge is 0.282 e. The van der Waals surface area contributed by atoms with Gasteiger partial charge in [0.05, 0.1) is 12.8 Å². The van der Waals surface area contributed by atoms with Crippen LogP contribution in [0.4, 0.5) is 5.69 Å². The number of methoxy groups -OCH3 is 1. The number of rotatable bonds is 3. The number of carbonyl (C=O) groups excluding carboxylic acids is 2. The van der Waals surface area contributed by atoms with Gasteiger partial charge in [0, 0.05) is 0 Å². The SMILES string of the molecule is COc1ccc(/C=C2/C(=O)NN(c3ccc(C)c(C)c3)C2=O)cc1. The van der Waals surface area contributed by atoms with Crippen LogP contribution in [0, 0.1) is 13.8 Å². The normalized spacial score (nSPS) is 15.8. The molecule has 5 nitrogen and oxygen atoms in total. The van der Waals surface area contributed by atoms with Crippen molar-refractivity contribution in [3.63, 3.8) is 0 Å². The molecule has 1 aliphatic heterocycles. The molecule has 1 fully saturated rings. The summed E-state index contributed by atoms with van der Waals surface area (Å²) in [6, 6.07) is 12.8. The number of benzene rings is 2. The van der Waals surface area contributed by atoms with Crippen LogP contribution in [0.3, 0.4) is 0 Å². The molecule has 122 valence electrons. The van der Waals surface area contributed by atoms with E-state index < -0.39 is 5.91 Å². The van der Waals surface area contributed by atoms with Gasteiger partial charge in [-0.05, 0) is 60.9 Å². The van der Waals surface area contributed by atoms with Gasteiger partial charge in [0.15, 0.2) is 0 Å². The molecule has 3 rings (SSSR count). The van der Waals surface area contributed by atoms with Gasteiger partial charge in [-0.15, -0.1) is 0 Å². The molecule has 2 amide bonds. The summed E-state index contributed by atoms with van der Waals surface area (Å²) in [6.07, 6.45) is 1.58. The molecule has 1 N–H and O–H groups in total. The Hall–Kier alpha value is -3.08. The van der Waals surface area contributed by atoms with Crippen molar-refractivity contribution in [2.45, 2.75) is 13.8 Å². The maximum absolute atomic E-state index is 12.6. The minimum atomic E-state index is -0.408. The third kappa shape index (κ3) is 2.88. The maximum Gasteiger partial charge on any atom is 0.282 e. The predicted molar refractivity (Wildman–Crippen MR) is 92.5 cm³/mol. The topological polar surface area (TPSA) is 58.6 Å². The maximum atomic E-state index is 12.6. The Kier molecular flexibility index (Phi) is 4.08. The summed E-state index contributed by atoms with van der Waals surface area (Å²) in [4.78, 5) is 24.8. The minimum absolute atomic E-state index is 0.110. The van der Waals surface area contributed by atoms with Crippen molar-refractivity contribution < 1.29 is 14.3 Å². The number of hydrogen-bond donors (Lipinski definition) is 1. The van der Waals surface area contributed by atoms with Gasteiger partial charge in [-0.1, -0.05) is 18.2 Å². The second-order valence-corrected chi connectivity index (χ2v) is 5.68. The first kappa shape index (κ1) is 15.8. The minimum Gasteiger partial charge on any atom is -0.497 e. The van der Waals surface area contributed by atoms with E-state index in [1.165, 1.54) is 5.01 Å². The van der Waals surface area contributed by atoms with E-state index in [0.29, 0.717) is 5.69 Å². The monoisotopic (exact) mass is 322 g/mol. The molecule has 0 unspecified atom stereocenters. The van der Waals surface area contributed by atoms with Crippen LogP contribution < -0.4 is 15.2 Å². The van der Waals surface area contributed by atoms with Gasteiger partial charge in [-0.3, -0.25) is 15.0 Å². The summed E-state index contributed by atoms with van der Waals surface area (Å²) in [7, 11) is 1.59. The van der Waals surface area contributed by atoms with Gasteiger partial charge in [0.1, 0.15) is 11.3 Å². The van der Waals surface area contributed by atoms with Crippen LogP contribution in [0.15, 0.2) is 48.0 Å². The zero-order chi connectivity index (χ0) is 17.3. The molecular weight excluding hydrogens is 304 g/mol. The number of ether oxygens (including phenoxy) is 1. The van der Waals surface area contributed by atoms with Crippen LogP contribution in [0.5, 0.6) is 5.75 Å². The number of aryl methyl sites for hydroxylation is 2. The van der Waals surface area contributed by atoms with Gasteiger partial charge < -0.3 is 4.74 Å². The highest BCUT2D eigenvalue weighted by Crippen LogP contribution is 2.24. The van der Waals surface area contributed by atoms with E-state index >= 15 is 0 Å². The number of anilines is 1. The Balaban J connectivity index is 1.90. The van der Waals surface area contributed by atoms with Crippen LogP contribution >= 0.6 is 0 Å². The molecule has 0 aromatic heterocycles. The zero-order valence-electron chi connectivity index (χ0n) is 13.8. The number of hydrazine groups is 1. The van der Waals surface area contributed by atoms with E-state index in [1.807, 2.05) is 32.0 Å². The highest BCUT2D eigenvalue weighted by Gasteiger charge is 2.34. The summed E-state index contributed by atoms with van der Waals surface area (Å²) in [5.74, 6) is -0.0516. The quantitative estimate of drug-likeness (QED) is 0.698. The van der Waals surface area contributed by atoms with Crippen LogP contribution in [-0.4, -0.2) is 18.9 Å². The molecule has 0 atom stereocenters. The number of nitrogens with one attached hydrogen (secondary N) is 1. The number of amides is 2. The first-order valence-corrected chi connectivity index (χ1v) is 7.58. The highest BCUT2D eigenvalue weighted by atomic mass is 16.5. The first-order valence-electron chi connectivity index (χ1n) is 7.58. The Morgan fingerprint density at radius 1 is 1.00 bits per heavy atom. The molecule has 0 aliphatic carbocycles. The van der Waals surface area contributed by atoms with E-state index in [9.17, 15) is 9.59 Å². The van der Waals surface area contributed by atoms with Crippen LogP contribution in [0.1, 0.15) is 16.7 Å². The lowest BCUT2D eigenvalue weighted by molar-refractivity contribution is -0.117. The van der Waals surface area contributed by atoms with E-state index in [0.717, 1.165) is 22.4 Å². The molecule has 1 saturated heterocycles. The fourth-order valence-electron chi connectivity index (χ4n) is 2.47. The van der Waals surface area contributed by atoms with Crippen LogP contribution in [-0.2, 0) is 9.59 Å². The number of hydrogen-bond acceptors (Lipinski definition) is 3. The predicted octanol–water partition coefficient (Wildman–Crippen LogP) is 2.77. The second-order valence-electron chi connectivity index (χ2n) is 5.68. The molecule has 24 heavy (non-hydrogen) atoms. The van der Waals surface area contributed by atoms with Crippen LogP contribution in [0.2, 0.25) is 0 Å². The molecule has 0 radical (unpaired) electrons. The lowest BCUT2D eigenvalue weighted by atomic mass is 10.1. The van der Waals surface area contributed by atoms with Crippen molar-refractivity contribution in [1.29, 1.82) is 0 Å². The molecule has 0 spiro atoms. The largest absolute Gasteiger partial charge is 0.497 e. The third-order valence-corrected chi connectivity index (χ3v) is 4.07. The fourth-order valence-corrected chi connectivity index (χ4v) is 2.47. The molecule has 1 heterocycles. The van der Waals surface area contributed by atoms with Gasteiger partial charge in [0.25, 0.3) is 11.8 Å². The lowest BCUT2D eigenvalue weighted by Crippen LogP contribution is -2.35. The molecule has 0 saturated carbocycles. The average molecular weight is 322 g/mol. The Labute approximate surface area is 140 Å². The molecule has 5 heteroatoms. The Morgan fingerprint density at radius 3 is 2.33 bits per heavy atom.